The van der Waals surface area contributed by atoms with Crippen molar-refractivity contribution in [3.05, 3.63) is 16.4 Å². The standard InChI is InChI=1S/C13H24N6O2/c1-3-18(4-2)9-7-5-6-8-15-13-11(19(20)21)12(14)16-10-17-13/h10H,3-9H2,1-2H3,(H3,14,15,16,17). The van der Waals surface area contributed by atoms with Crippen LogP contribution in [0.4, 0.5) is 17.3 Å². The first-order chi connectivity index (χ1) is 10.1. The summed E-state index contributed by atoms with van der Waals surface area (Å²) in [6.07, 6.45) is 4.35. The van der Waals surface area contributed by atoms with E-state index in [0.717, 1.165) is 38.9 Å². The van der Waals surface area contributed by atoms with Gasteiger partial charge >= 0.3 is 5.69 Å². The second-order valence-electron chi connectivity index (χ2n) is 4.73. The zero-order chi connectivity index (χ0) is 15.7. The number of nitro groups is 1. The molecule has 0 saturated carbocycles. The number of nitrogens with zero attached hydrogens (tertiary/aromatic N) is 4. The van der Waals surface area contributed by atoms with Gasteiger partial charge in [-0.15, -0.1) is 0 Å². The molecule has 1 rings (SSSR count). The summed E-state index contributed by atoms with van der Waals surface area (Å²) in [6, 6.07) is 0. The number of unbranched alkanes of at least 4 members (excludes halogenated alkanes) is 2. The number of hydrogen-bond acceptors (Lipinski definition) is 7. The molecule has 0 saturated heterocycles. The van der Waals surface area contributed by atoms with Crippen LogP contribution in [-0.4, -0.2) is 46.0 Å². The third-order valence-corrected chi connectivity index (χ3v) is 3.37. The van der Waals surface area contributed by atoms with E-state index in [-0.39, 0.29) is 17.3 Å². The number of anilines is 2. The van der Waals surface area contributed by atoms with Gasteiger partial charge in [0.05, 0.1) is 4.92 Å². The van der Waals surface area contributed by atoms with E-state index >= 15 is 0 Å². The van der Waals surface area contributed by atoms with Crippen LogP contribution in [0.3, 0.4) is 0 Å². The number of nitrogen functional groups attached to an aromatic ring is 1. The second-order valence-corrected chi connectivity index (χ2v) is 4.73. The molecule has 0 fully saturated rings. The minimum atomic E-state index is -0.557. The van der Waals surface area contributed by atoms with Gasteiger partial charge in [-0.05, 0) is 32.5 Å². The molecule has 8 heteroatoms. The third-order valence-electron chi connectivity index (χ3n) is 3.37. The van der Waals surface area contributed by atoms with E-state index in [1.807, 2.05) is 0 Å². The summed E-state index contributed by atoms with van der Waals surface area (Å²) in [7, 11) is 0. The van der Waals surface area contributed by atoms with Crippen molar-refractivity contribution >= 4 is 17.3 Å². The van der Waals surface area contributed by atoms with Crippen LogP contribution in [0, 0.1) is 10.1 Å². The fourth-order valence-corrected chi connectivity index (χ4v) is 2.09. The van der Waals surface area contributed by atoms with E-state index in [4.69, 9.17) is 5.73 Å². The zero-order valence-electron chi connectivity index (χ0n) is 12.7. The predicted octanol–water partition coefficient (Wildman–Crippen LogP) is 1.89. The predicted molar refractivity (Wildman–Crippen MR) is 83.2 cm³/mol. The lowest BCUT2D eigenvalue weighted by Gasteiger charge is -2.17. The zero-order valence-corrected chi connectivity index (χ0v) is 12.7. The van der Waals surface area contributed by atoms with Gasteiger partial charge in [0.2, 0.25) is 11.6 Å². The van der Waals surface area contributed by atoms with Gasteiger partial charge in [0.1, 0.15) is 6.33 Å². The molecule has 0 atom stereocenters. The van der Waals surface area contributed by atoms with Crippen molar-refractivity contribution in [2.75, 3.05) is 37.2 Å². The molecule has 0 spiro atoms. The monoisotopic (exact) mass is 296 g/mol. The Balaban J connectivity index is 2.34. The van der Waals surface area contributed by atoms with Crippen molar-refractivity contribution in [2.45, 2.75) is 33.1 Å². The largest absolute Gasteiger partial charge is 0.378 e. The van der Waals surface area contributed by atoms with Crippen molar-refractivity contribution in [2.24, 2.45) is 0 Å². The van der Waals surface area contributed by atoms with E-state index in [0.29, 0.717) is 6.54 Å². The lowest BCUT2D eigenvalue weighted by Crippen LogP contribution is -2.24. The van der Waals surface area contributed by atoms with Gasteiger partial charge in [-0.25, -0.2) is 9.97 Å². The molecule has 3 N–H and O–H groups in total. The summed E-state index contributed by atoms with van der Waals surface area (Å²) in [4.78, 5) is 20.3. The first kappa shape index (κ1) is 17.1. The first-order valence-electron chi connectivity index (χ1n) is 7.31. The Morgan fingerprint density at radius 3 is 2.62 bits per heavy atom. The van der Waals surface area contributed by atoms with Crippen LogP contribution in [0.2, 0.25) is 0 Å². The highest BCUT2D eigenvalue weighted by Gasteiger charge is 2.20. The van der Waals surface area contributed by atoms with Crippen LogP contribution in [0.5, 0.6) is 0 Å². The van der Waals surface area contributed by atoms with Crippen LogP contribution in [0.1, 0.15) is 33.1 Å². The summed E-state index contributed by atoms with van der Waals surface area (Å²) in [5.41, 5.74) is 5.25. The van der Waals surface area contributed by atoms with Gasteiger partial charge < -0.3 is 16.0 Å². The van der Waals surface area contributed by atoms with E-state index in [1.54, 1.807) is 0 Å². The lowest BCUT2D eigenvalue weighted by molar-refractivity contribution is -0.383. The Labute approximate surface area is 124 Å². The molecule has 21 heavy (non-hydrogen) atoms. The maximum absolute atomic E-state index is 10.9. The number of hydrogen-bond donors (Lipinski definition) is 2. The molecule has 0 radical (unpaired) electrons. The van der Waals surface area contributed by atoms with Crippen LogP contribution in [0.25, 0.3) is 0 Å². The molecule has 0 aromatic carbocycles. The molecule has 0 aliphatic rings. The van der Waals surface area contributed by atoms with Crippen molar-refractivity contribution in [3.8, 4) is 0 Å². The molecular formula is C13H24N6O2. The Morgan fingerprint density at radius 1 is 1.29 bits per heavy atom. The van der Waals surface area contributed by atoms with E-state index < -0.39 is 4.92 Å². The van der Waals surface area contributed by atoms with Gasteiger partial charge in [0.25, 0.3) is 0 Å². The summed E-state index contributed by atoms with van der Waals surface area (Å²) in [5.74, 6) is 0.0790. The molecule has 118 valence electrons. The molecule has 0 bridgehead atoms. The van der Waals surface area contributed by atoms with E-state index in [1.165, 1.54) is 6.33 Å². The maximum Gasteiger partial charge on any atom is 0.352 e. The molecule has 1 heterocycles. The normalized spacial score (nSPS) is 10.8. The average Bonchev–Trinajstić information content (AvgIpc) is 2.46. The summed E-state index contributed by atoms with van der Waals surface area (Å²) >= 11 is 0. The smallest absolute Gasteiger partial charge is 0.352 e. The molecular weight excluding hydrogens is 272 g/mol. The van der Waals surface area contributed by atoms with Crippen molar-refractivity contribution in [1.29, 1.82) is 0 Å². The van der Waals surface area contributed by atoms with Crippen molar-refractivity contribution in [1.82, 2.24) is 14.9 Å². The third kappa shape index (κ3) is 5.50. The highest BCUT2D eigenvalue weighted by Crippen LogP contribution is 2.26. The van der Waals surface area contributed by atoms with Gasteiger partial charge in [-0.2, -0.15) is 0 Å². The van der Waals surface area contributed by atoms with Crippen molar-refractivity contribution in [3.63, 3.8) is 0 Å². The second kappa shape index (κ2) is 9.06. The Bertz CT molecular complexity index is 450. The molecule has 0 amide bonds. The summed E-state index contributed by atoms with van der Waals surface area (Å²) in [6.45, 7) is 8.18. The molecule has 1 aromatic rings. The number of rotatable bonds is 10. The van der Waals surface area contributed by atoms with Crippen LogP contribution in [-0.2, 0) is 0 Å². The summed E-state index contributed by atoms with van der Waals surface area (Å²) < 4.78 is 0. The lowest BCUT2D eigenvalue weighted by atomic mass is 10.2. The van der Waals surface area contributed by atoms with E-state index in [9.17, 15) is 10.1 Å². The Kier molecular flexibility index (Phi) is 7.38. The number of nitrogens with one attached hydrogen (secondary N) is 1. The van der Waals surface area contributed by atoms with Crippen LogP contribution >= 0.6 is 0 Å². The quantitative estimate of drug-likeness (QED) is 0.385. The maximum atomic E-state index is 10.9. The first-order valence-corrected chi connectivity index (χ1v) is 7.31. The van der Waals surface area contributed by atoms with Gasteiger partial charge in [-0.1, -0.05) is 20.3 Å². The topological polar surface area (TPSA) is 110 Å². The van der Waals surface area contributed by atoms with Crippen LogP contribution < -0.4 is 11.1 Å². The number of nitrogens with two attached hydrogens (primary N) is 1. The van der Waals surface area contributed by atoms with E-state index in [2.05, 4.69) is 34.0 Å². The SMILES string of the molecule is CCN(CC)CCCCCNc1ncnc(N)c1[N+](=O)[O-]. The molecule has 1 aromatic heterocycles. The minimum absolute atomic E-state index is 0.112. The molecule has 0 aliphatic heterocycles. The molecule has 0 aliphatic carbocycles. The fourth-order valence-electron chi connectivity index (χ4n) is 2.09. The van der Waals surface area contributed by atoms with Crippen molar-refractivity contribution < 1.29 is 4.92 Å². The number of aromatic nitrogens is 2. The average molecular weight is 296 g/mol. The van der Waals surface area contributed by atoms with Gasteiger partial charge in [-0.3, -0.25) is 10.1 Å². The van der Waals surface area contributed by atoms with Gasteiger partial charge in [0.15, 0.2) is 0 Å². The minimum Gasteiger partial charge on any atom is -0.378 e. The fraction of sp³-hybridized carbons (Fsp3) is 0.692. The summed E-state index contributed by atoms with van der Waals surface area (Å²) in [5, 5.41) is 13.9. The Hall–Kier alpha value is -1.96. The van der Waals surface area contributed by atoms with Crippen LogP contribution in [0.15, 0.2) is 6.33 Å². The highest BCUT2D eigenvalue weighted by molar-refractivity contribution is 5.67. The van der Waals surface area contributed by atoms with Gasteiger partial charge in [0, 0.05) is 6.54 Å². The highest BCUT2D eigenvalue weighted by atomic mass is 16.6. The molecule has 8 nitrogen and oxygen atoms in total. The Morgan fingerprint density at radius 2 is 2.00 bits per heavy atom. The molecule has 0 unspecified atom stereocenters.